The van der Waals surface area contributed by atoms with E-state index in [4.69, 9.17) is 4.98 Å². The predicted octanol–water partition coefficient (Wildman–Crippen LogP) is 3.64. The molecular formula is C22H29FN4O. The summed E-state index contributed by atoms with van der Waals surface area (Å²) in [6, 6.07) is 6.16. The van der Waals surface area contributed by atoms with Gasteiger partial charge in [-0.2, -0.15) is 0 Å². The SMILES string of the molecule is Cc1nc(C)c(C(C)C)c(N2CCCN(C(=O)Cc3ccc(F)cc3)CC2)n1. The van der Waals surface area contributed by atoms with Crippen LogP contribution in [0.1, 0.15) is 48.8 Å². The molecule has 1 saturated heterocycles. The first-order valence-electron chi connectivity index (χ1n) is 9.97. The minimum Gasteiger partial charge on any atom is -0.354 e. The zero-order chi connectivity index (χ0) is 20.3. The number of hydrogen-bond donors (Lipinski definition) is 0. The molecule has 150 valence electrons. The standard InChI is InChI=1S/C22H29FN4O/c1-15(2)21-16(3)24-17(4)25-22(21)27-11-5-10-26(12-13-27)20(28)14-18-6-8-19(23)9-7-18/h6-9,15H,5,10-14H2,1-4H3. The number of aryl methyl sites for hydroxylation is 2. The van der Waals surface area contributed by atoms with E-state index in [1.165, 1.54) is 17.7 Å². The maximum atomic E-state index is 13.1. The Morgan fingerprint density at radius 2 is 1.79 bits per heavy atom. The summed E-state index contributed by atoms with van der Waals surface area (Å²) in [6.45, 7) is 11.3. The Labute approximate surface area is 166 Å². The zero-order valence-corrected chi connectivity index (χ0v) is 17.2. The van der Waals surface area contributed by atoms with Gasteiger partial charge in [-0.25, -0.2) is 14.4 Å². The van der Waals surface area contributed by atoms with E-state index < -0.39 is 0 Å². The summed E-state index contributed by atoms with van der Waals surface area (Å²) in [6.07, 6.45) is 1.21. The van der Waals surface area contributed by atoms with Crippen LogP contribution in [0.3, 0.4) is 0 Å². The fourth-order valence-electron chi connectivity index (χ4n) is 3.89. The molecule has 1 aromatic carbocycles. The minimum absolute atomic E-state index is 0.0904. The van der Waals surface area contributed by atoms with Gasteiger partial charge < -0.3 is 9.80 Å². The third-order valence-electron chi connectivity index (χ3n) is 5.22. The molecule has 1 amide bonds. The Balaban J connectivity index is 1.71. The van der Waals surface area contributed by atoms with Crippen molar-refractivity contribution in [3.05, 3.63) is 52.7 Å². The molecule has 1 fully saturated rings. The number of carbonyl (C=O) groups excluding carboxylic acids is 1. The van der Waals surface area contributed by atoms with Gasteiger partial charge in [-0.1, -0.05) is 26.0 Å². The summed E-state index contributed by atoms with van der Waals surface area (Å²) in [5.74, 6) is 1.94. The Kier molecular flexibility index (Phi) is 6.27. The van der Waals surface area contributed by atoms with Crippen molar-refractivity contribution in [2.24, 2.45) is 0 Å². The van der Waals surface area contributed by atoms with Crippen LogP contribution < -0.4 is 4.90 Å². The second-order valence-corrected chi connectivity index (χ2v) is 7.77. The lowest BCUT2D eigenvalue weighted by Gasteiger charge is -2.27. The van der Waals surface area contributed by atoms with E-state index in [1.54, 1.807) is 12.1 Å². The minimum atomic E-state index is -0.280. The molecule has 28 heavy (non-hydrogen) atoms. The van der Waals surface area contributed by atoms with Crippen molar-refractivity contribution in [3.63, 3.8) is 0 Å². The molecule has 0 N–H and O–H groups in total. The number of amides is 1. The highest BCUT2D eigenvalue weighted by Gasteiger charge is 2.24. The van der Waals surface area contributed by atoms with E-state index in [0.717, 1.165) is 49.0 Å². The van der Waals surface area contributed by atoms with E-state index in [1.807, 2.05) is 18.7 Å². The van der Waals surface area contributed by atoms with Crippen LogP contribution in [0.25, 0.3) is 0 Å². The van der Waals surface area contributed by atoms with Crippen LogP contribution in [0.4, 0.5) is 10.2 Å². The Hall–Kier alpha value is -2.50. The van der Waals surface area contributed by atoms with Crippen LogP contribution in [0.5, 0.6) is 0 Å². The average molecular weight is 384 g/mol. The Morgan fingerprint density at radius 3 is 2.46 bits per heavy atom. The van der Waals surface area contributed by atoms with Gasteiger partial charge in [-0.3, -0.25) is 4.79 Å². The number of benzene rings is 1. The molecule has 0 radical (unpaired) electrons. The first-order valence-corrected chi connectivity index (χ1v) is 9.97. The number of hydrogen-bond acceptors (Lipinski definition) is 4. The molecule has 2 aromatic rings. The molecular weight excluding hydrogens is 355 g/mol. The highest BCUT2D eigenvalue weighted by molar-refractivity contribution is 5.78. The fourth-order valence-corrected chi connectivity index (χ4v) is 3.89. The Morgan fingerprint density at radius 1 is 1.07 bits per heavy atom. The summed E-state index contributed by atoms with van der Waals surface area (Å²) in [5, 5.41) is 0. The summed E-state index contributed by atoms with van der Waals surface area (Å²) >= 11 is 0. The lowest BCUT2D eigenvalue weighted by molar-refractivity contribution is -0.130. The van der Waals surface area contributed by atoms with Gasteiger partial charge in [0.15, 0.2) is 0 Å². The zero-order valence-electron chi connectivity index (χ0n) is 17.2. The molecule has 0 aliphatic carbocycles. The molecule has 1 aliphatic rings. The Bertz CT molecular complexity index is 835. The monoisotopic (exact) mass is 384 g/mol. The predicted molar refractivity (Wildman–Crippen MR) is 109 cm³/mol. The smallest absolute Gasteiger partial charge is 0.227 e. The van der Waals surface area contributed by atoms with Crippen LogP contribution in [0.2, 0.25) is 0 Å². The number of nitrogens with zero attached hydrogens (tertiary/aromatic N) is 4. The molecule has 1 aliphatic heterocycles. The summed E-state index contributed by atoms with van der Waals surface area (Å²) in [7, 11) is 0. The van der Waals surface area contributed by atoms with Crippen molar-refractivity contribution in [3.8, 4) is 0 Å². The van der Waals surface area contributed by atoms with Gasteiger partial charge >= 0.3 is 0 Å². The van der Waals surface area contributed by atoms with Gasteiger partial charge in [0.05, 0.1) is 6.42 Å². The molecule has 5 nitrogen and oxygen atoms in total. The molecule has 0 spiro atoms. The first kappa shape index (κ1) is 20.2. The molecule has 0 atom stereocenters. The van der Waals surface area contributed by atoms with E-state index in [0.29, 0.717) is 18.9 Å². The summed E-state index contributed by atoms with van der Waals surface area (Å²) in [4.78, 5) is 26.2. The molecule has 0 unspecified atom stereocenters. The summed E-state index contributed by atoms with van der Waals surface area (Å²) in [5.41, 5.74) is 3.07. The largest absolute Gasteiger partial charge is 0.354 e. The maximum absolute atomic E-state index is 13.1. The van der Waals surface area contributed by atoms with Crippen LogP contribution in [-0.4, -0.2) is 47.0 Å². The number of rotatable bonds is 4. The molecule has 2 heterocycles. The normalized spacial score (nSPS) is 15.1. The first-order chi connectivity index (χ1) is 13.3. The highest BCUT2D eigenvalue weighted by Crippen LogP contribution is 2.29. The van der Waals surface area contributed by atoms with Gasteiger partial charge in [0.2, 0.25) is 5.91 Å². The van der Waals surface area contributed by atoms with Gasteiger partial charge in [-0.15, -0.1) is 0 Å². The van der Waals surface area contributed by atoms with Gasteiger partial charge in [0.25, 0.3) is 0 Å². The third kappa shape index (κ3) is 4.66. The van der Waals surface area contributed by atoms with Gasteiger partial charge in [0.1, 0.15) is 17.5 Å². The lowest BCUT2D eigenvalue weighted by Crippen LogP contribution is -2.36. The van der Waals surface area contributed by atoms with E-state index in [-0.39, 0.29) is 11.7 Å². The van der Waals surface area contributed by atoms with Crippen molar-refractivity contribution in [1.29, 1.82) is 0 Å². The number of aromatic nitrogens is 2. The van der Waals surface area contributed by atoms with Crippen molar-refractivity contribution in [2.75, 3.05) is 31.1 Å². The highest BCUT2D eigenvalue weighted by atomic mass is 19.1. The van der Waals surface area contributed by atoms with Crippen molar-refractivity contribution in [2.45, 2.75) is 46.5 Å². The molecule has 0 bridgehead atoms. The van der Waals surface area contributed by atoms with Gasteiger partial charge in [-0.05, 0) is 43.9 Å². The van der Waals surface area contributed by atoms with E-state index in [9.17, 15) is 9.18 Å². The second-order valence-electron chi connectivity index (χ2n) is 7.77. The van der Waals surface area contributed by atoms with Crippen molar-refractivity contribution >= 4 is 11.7 Å². The average Bonchev–Trinajstić information content (AvgIpc) is 2.88. The third-order valence-corrected chi connectivity index (χ3v) is 5.22. The van der Waals surface area contributed by atoms with Crippen LogP contribution in [0.15, 0.2) is 24.3 Å². The van der Waals surface area contributed by atoms with Crippen molar-refractivity contribution in [1.82, 2.24) is 14.9 Å². The maximum Gasteiger partial charge on any atom is 0.227 e. The molecule has 0 saturated carbocycles. The van der Waals surface area contributed by atoms with Crippen LogP contribution in [0, 0.1) is 19.7 Å². The molecule has 1 aromatic heterocycles. The quantitative estimate of drug-likeness (QED) is 0.808. The van der Waals surface area contributed by atoms with Crippen molar-refractivity contribution < 1.29 is 9.18 Å². The second kappa shape index (κ2) is 8.67. The van der Waals surface area contributed by atoms with E-state index in [2.05, 4.69) is 23.7 Å². The van der Waals surface area contributed by atoms with Crippen LogP contribution in [-0.2, 0) is 11.2 Å². The number of halogens is 1. The molecule has 6 heteroatoms. The summed E-state index contributed by atoms with van der Waals surface area (Å²) < 4.78 is 13.1. The number of anilines is 1. The molecule has 3 rings (SSSR count). The topological polar surface area (TPSA) is 49.3 Å². The van der Waals surface area contributed by atoms with Gasteiger partial charge in [0, 0.05) is 37.4 Å². The lowest BCUT2D eigenvalue weighted by atomic mass is 10.0. The fraction of sp³-hybridized carbons (Fsp3) is 0.500. The van der Waals surface area contributed by atoms with Crippen LogP contribution >= 0.6 is 0 Å². The number of carbonyl (C=O) groups is 1. The van der Waals surface area contributed by atoms with E-state index >= 15 is 0 Å².